The van der Waals surface area contributed by atoms with Crippen LogP contribution in [0.25, 0.3) is 0 Å². The van der Waals surface area contributed by atoms with Gasteiger partial charge in [0.25, 0.3) is 11.8 Å². The summed E-state index contributed by atoms with van der Waals surface area (Å²) in [4.78, 5) is 27.7. The number of carbonyl (C=O) groups is 2. The minimum Gasteiger partial charge on any atom is -0.455 e. The van der Waals surface area contributed by atoms with Crippen molar-refractivity contribution < 1.29 is 14.0 Å². The molecule has 170 valence electrons. The molecule has 2 aromatic carbocycles. The predicted octanol–water partition coefficient (Wildman–Crippen LogP) is 5.69. The van der Waals surface area contributed by atoms with Gasteiger partial charge < -0.3 is 9.32 Å². The average molecular weight is 464 g/mol. The molecule has 6 nitrogen and oxygen atoms in total. The first-order valence-electron chi connectivity index (χ1n) is 11.0. The third-order valence-electron chi connectivity index (χ3n) is 5.81. The molecule has 3 aromatic rings. The monoisotopic (exact) mass is 463 g/mol. The third-order valence-corrected chi connectivity index (χ3v) is 6.14. The first-order valence-corrected chi connectivity index (χ1v) is 11.4. The van der Waals surface area contributed by atoms with Crippen molar-refractivity contribution in [3.63, 3.8) is 0 Å². The van der Waals surface area contributed by atoms with Crippen LogP contribution in [0.4, 0.5) is 5.69 Å². The Balaban J connectivity index is 1.63. The van der Waals surface area contributed by atoms with E-state index >= 15 is 0 Å². The maximum absolute atomic E-state index is 13.4. The lowest BCUT2D eigenvalue weighted by Crippen LogP contribution is -2.31. The average Bonchev–Trinajstić information content (AvgIpc) is 3.15. The molecular formula is C26H26ClN3O3. The van der Waals surface area contributed by atoms with Gasteiger partial charge in [0.2, 0.25) is 0 Å². The standard InChI is InChI=1S/C26H26ClN3O3/c1-4-30(18-10-7-9-16(2)15-18)26(32)24-17(3)23-21(13-8-14-22(23)33-24)28-29-25(31)19-11-5-6-12-20(19)27/h5-7,9-12,15H,4,8,13-14H2,1-3H3,(H,29,31)/b28-21+. The molecule has 0 spiro atoms. The first-order chi connectivity index (χ1) is 15.9. The van der Waals surface area contributed by atoms with Gasteiger partial charge in [0.05, 0.1) is 16.3 Å². The summed E-state index contributed by atoms with van der Waals surface area (Å²) >= 11 is 6.12. The molecule has 7 heteroatoms. The number of furan rings is 1. The molecule has 1 aliphatic carbocycles. The minimum absolute atomic E-state index is 0.186. The lowest BCUT2D eigenvalue weighted by molar-refractivity contribution is 0.0949. The van der Waals surface area contributed by atoms with Crippen LogP contribution in [-0.2, 0) is 6.42 Å². The fourth-order valence-electron chi connectivity index (χ4n) is 4.17. The molecule has 1 aliphatic rings. The highest BCUT2D eigenvalue weighted by atomic mass is 35.5. The Bertz CT molecular complexity index is 1250. The Labute approximate surface area is 198 Å². The van der Waals surface area contributed by atoms with E-state index in [0.29, 0.717) is 35.0 Å². The van der Waals surface area contributed by atoms with Crippen molar-refractivity contribution in [3.8, 4) is 0 Å². The Morgan fingerprint density at radius 2 is 1.91 bits per heavy atom. The quantitative estimate of drug-likeness (QED) is 0.494. The van der Waals surface area contributed by atoms with Gasteiger partial charge in [0.1, 0.15) is 5.76 Å². The molecule has 0 fully saturated rings. The van der Waals surface area contributed by atoms with E-state index in [1.807, 2.05) is 45.0 Å². The summed E-state index contributed by atoms with van der Waals surface area (Å²) in [6.07, 6.45) is 2.22. The second-order valence-corrected chi connectivity index (χ2v) is 8.48. The predicted molar refractivity (Wildman–Crippen MR) is 130 cm³/mol. The molecule has 2 amide bonds. The van der Waals surface area contributed by atoms with Crippen molar-refractivity contribution in [2.75, 3.05) is 11.4 Å². The molecule has 1 aromatic heterocycles. The minimum atomic E-state index is -0.380. The second kappa shape index (κ2) is 9.63. The van der Waals surface area contributed by atoms with E-state index in [-0.39, 0.29) is 11.8 Å². The van der Waals surface area contributed by atoms with Crippen molar-refractivity contribution >= 4 is 34.8 Å². The molecule has 4 rings (SSSR count). The van der Waals surface area contributed by atoms with Crippen molar-refractivity contribution in [2.24, 2.45) is 5.10 Å². The van der Waals surface area contributed by atoms with E-state index in [9.17, 15) is 9.59 Å². The van der Waals surface area contributed by atoms with Gasteiger partial charge in [-0.2, -0.15) is 5.10 Å². The second-order valence-electron chi connectivity index (χ2n) is 8.08. The summed E-state index contributed by atoms with van der Waals surface area (Å²) in [5.41, 5.74) is 7.14. The van der Waals surface area contributed by atoms with Gasteiger partial charge in [-0.3, -0.25) is 9.59 Å². The van der Waals surface area contributed by atoms with Crippen molar-refractivity contribution in [1.82, 2.24) is 5.43 Å². The number of nitrogens with zero attached hydrogens (tertiary/aromatic N) is 2. The molecule has 0 bridgehead atoms. The first kappa shape index (κ1) is 22.8. The van der Waals surface area contributed by atoms with E-state index < -0.39 is 0 Å². The molecular weight excluding hydrogens is 438 g/mol. The number of rotatable bonds is 5. The van der Waals surface area contributed by atoms with Crippen molar-refractivity contribution in [3.05, 3.63) is 87.3 Å². The molecule has 0 unspecified atom stereocenters. The van der Waals surface area contributed by atoms with Gasteiger partial charge >= 0.3 is 0 Å². The SMILES string of the molecule is CCN(C(=O)c1oc2c(c1C)/C(=N/NC(=O)c1ccccc1Cl)CCC2)c1cccc(C)c1. The molecule has 0 radical (unpaired) electrons. The van der Waals surface area contributed by atoms with Crippen LogP contribution < -0.4 is 10.3 Å². The third kappa shape index (κ3) is 4.57. The molecule has 1 heterocycles. The molecule has 0 aliphatic heterocycles. The molecule has 0 saturated carbocycles. The van der Waals surface area contributed by atoms with E-state index in [4.69, 9.17) is 16.0 Å². The number of amides is 2. The fraction of sp³-hybridized carbons (Fsp3) is 0.269. The summed E-state index contributed by atoms with van der Waals surface area (Å²) in [6, 6.07) is 14.7. The number of hydrogen-bond acceptors (Lipinski definition) is 4. The normalized spacial score (nSPS) is 14.1. The Kier molecular flexibility index (Phi) is 6.65. The molecule has 33 heavy (non-hydrogen) atoms. The zero-order valence-electron chi connectivity index (χ0n) is 18.9. The number of anilines is 1. The topological polar surface area (TPSA) is 74.9 Å². The summed E-state index contributed by atoms with van der Waals surface area (Å²) in [6.45, 7) is 6.33. The van der Waals surface area contributed by atoms with Crippen LogP contribution in [0, 0.1) is 13.8 Å². The molecule has 0 saturated heterocycles. The zero-order valence-corrected chi connectivity index (χ0v) is 19.7. The number of aryl methyl sites for hydroxylation is 2. The van der Waals surface area contributed by atoms with Crippen LogP contribution in [0.3, 0.4) is 0 Å². The summed E-state index contributed by atoms with van der Waals surface area (Å²) in [5.74, 6) is 0.479. The van der Waals surface area contributed by atoms with Crippen LogP contribution in [0.5, 0.6) is 0 Å². The number of hydrazone groups is 1. The lowest BCUT2D eigenvalue weighted by Gasteiger charge is -2.20. The molecule has 0 atom stereocenters. The Morgan fingerprint density at radius 3 is 2.64 bits per heavy atom. The summed E-state index contributed by atoms with van der Waals surface area (Å²) < 4.78 is 6.07. The maximum Gasteiger partial charge on any atom is 0.294 e. The van der Waals surface area contributed by atoms with Crippen LogP contribution in [-0.4, -0.2) is 24.1 Å². The van der Waals surface area contributed by atoms with Crippen molar-refractivity contribution in [1.29, 1.82) is 0 Å². The number of hydrogen-bond donors (Lipinski definition) is 1. The number of nitrogens with one attached hydrogen (secondary N) is 1. The Hall–Kier alpha value is -3.38. The highest BCUT2D eigenvalue weighted by Crippen LogP contribution is 2.31. The lowest BCUT2D eigenvalue weighted by atomic mass is 9.93. The zero-order chi connectivity index (χ0) is 23.5. The van der Waals surface area contributed by atoms with E-state index in [0.717, 1.165) is 41.0 Å². The van der Waals surface area contributed by atoms with E-state index in [2.05, 4.69) is 10.5 Å². The van der Waals surface area contributed by atoms with Crippen LogP contribution >= 0.6 is 11.6 Å². The van der Waals surface area contributed by atoms with E-state index in [1.54, 1.807) is 29.2 Å². The van der Waals surface area contributed by atoms with Gasteiger partial charge in [0, 0.05) is 29.8 Å². The smallest absolute Gasteiger partial charge is 0.294 e. The van der Waals surface area contributed by atoms with Gasteiger partial charge in [-0.1, -0.05) is 35.9 Å². The largest absolute Gasteiger partial charge is 0.455 e. The maximum atomic E-state index is 13.4. The summed E-state index contributed by atoms with van der Waals surface area (Å²) in [5, 5.41) is 4.75. The van der Waals surface area contributed by atoms with Crippen molar-refractivity contribution in [2.45, 2.75) is 40.0 Å². The van der Waals surface area contributed by atoms with Crippen LogP contribution in [0.2, 0.25) is 5.02 Å². The fourth-order valence-corrected chi connectivity index (χ4v) is 4.39. The number of halogens is 1. The number of fused-ring (bicyclic) bond motifs is 1. The molecule has 1 N–H and O–H groups in total. The van der Waals surface area contributed by atoms with Gasteiger partial charge in [0.15, 0.2) is 5.76 Å². The number of benzene rings is 2. The van der Waals surface area contributed by atoms with Crippen LogP contribution in [0.1, 0.15) is 63.1 Å². The number of carbonyl (C=O) groups excluding carboxylic acids is 2. The van der Waals surface area contributed by atoms with E-state index in [1.165, 1.54) is 0 Å². The van der Waals surface area contributed by atoms with Gasteiger partial charge in [-0.05, 0) is 63.4 Å². The Morgan fingerprint density at radius 1 is 1.12 bits per heavy atom. The summed E-state index contributed by atoms with van der Waals surface area (Å²) in [7, 11) is 0. The van der Waals surface area contributed by atoms with Gasteiger partial charge in [-0.25, -0.2) is 5.43 Å². The van der Waals surface area contributed by atoms with Gasteiger partial charge in [-0.15, -0.1) is 0 Å². The highest BCUT2D eigenvalue weighted by molar-refractivity contribution is 6.33. The van der Waals surface area contributed by atoms with Crippen LogP contribution in [0.15, 0.2) is 58.0 Å². The highest BCUT2D eigenvalue weighted by Gasteiger charge is 2.30.